The van der Waals surface area contributed by atoms with Crippen LogP contribution in [0.5, 0.6) is 0 Å². The number of carbonyl (C=O) groups excluding carboxylic acids is 2. The highest BCUT2D eigenvalue weighted by Gasteiger charge is 2.09. The number of nitrogens with one attached hydrogen (secondary N) is 1. The molecular formula is C17H14N2O2. The number of nitrogens with zero attached hydrogens (tertiary/aromatic N) is 1. The van der Waals surface area contributed by atoms with Crippen molar-refractivity contribution >= 4 is 12.2 Å². The number of hydrogen-bond acceptors (Lipinski definition) is 3. The Hall–Kier alpha value is -2.93. The molecule has 0 aliphatic rings. The fourth-order valence-corrected chi connectivity index (χ4v) is 1.97. The second-order valence-corrected chi connectivity index (χ2v) is 4.52. The minimum atomic E-state index is -0.258. The topological polar surface area (TPSA) is 70.0 Å². The van der Waals surface area contributed by atoms with Crippen LogP contribution in [0.4, 0.5) is 0 Å². The smallest absolute Gasteiger partial charge is 0.252 e. The molecule has 0 spiro atoms. The molecule has 4 heteroatoms. The Morgan fingerprint density at radius 2 is 1.86 bits per heavy atom. The van der Waals surface area contributed by atoms with Crippen LogP contribution in [0.25, 0.3) is 0 Å². The van der Waals surface area contributed by atoms with Gasteiger partial charge in [0.05, 0.1) is 11.6 Å². The third kappa shape index (κ3) is 3.77. The molecule has 0 heterocycles. The van der Waals surface area contributed by atoms with Crippen molar-refractivity contribution in [2.24, 2.45) is 0 Å². The van der Waals surface area contributed by atoms with Gasteiger partial charge in [-0.25, -0.2) is 0 Å². The predicted octanol–water partition coefficient (Wildman–Crippen LogP) is 2.34. The van der Waals surface area contributed by atoms with Crippen LogP contribution in [0, 0.1) is 11.3 Å². The average Bonchev–Trinajstić information content (AvgIpc) is 2.55. The monoisotopic (exact) mass is 278 g/mol. The highest BCUT2D eigenvalue weighted by molar-refractivity contribution is 6.01. The third-order valence-electron chi connectivity index (χ3n) is 3.11. The number of rotatable bonds is 5. The number of carbonyl (C=O) groups is 2. The first kappa shape index (κ1) is 14.5. The lowest BCUT2D eigenvalue weighted by atomic mass is 10.1. The van der Waals surface area contributed by atoms with E-state index < -0.39 is 0 Å². The molecule has 21 heavy (non-hydrogen) atoms. The van der Waals surface area contributed by atoms with Crippen molar-refractivity contribution < 1.29 is 9.59 Å². The number of aldehydes is 1. The molecule has 0 atom stereocenters. The van der Waals surface area contributed by atoms with E-state index in [4.69, 9.17) is 5.26 Å². The molecule has 1 amide bonds. The maximum absolute atomic E-state index is 12.0. The lowest BCUT2D eigenvalue weighted by molar-refractivity contribution is 0.0948. The van der Waals surface area contributed by atoms with Gasteiger partial charge in [0.15, 0.2) is 6.29 Å². The van der Waals surface area contributed by atoms with E-state index in [9.17, 15) is 9.59 Å². The summed E-state index contributed by atoms with van der Waals surface area (Å²) in [6.07, 6.45) is 1.34. The van der Waals surface area contributed by atoms with E-state index in [0.29, 0.717) is 35.9 Å². The van der Waals surface area contributed by atoms with Gasteiger partial charge in [-0.3, -0.25) is 9.59 Å². The Morgan fingerprint density at radius 1 is 1.14 bits per heavy atom. The molecule has 1 N–H and O–H groups in total. The number of nitriles is 1. The van der Waals surface area contributed by atoms with Gasteiger partial charge < -0.3 is 5.32 Å². The Bertz CT molecular complexity index is 685. The van der Waals surface area contributed by atoms with Crippen LogP contribution >= 0.6 is 0 Å². The molecule has 4 nitrogen and oxygen atoms in total. The maximum Gasteiger partial charge on any atom is 0.252 e. The molecule has 0 saturated heterocycles. The van der Waals surface area contributed by atoms with Crippen molar-refractivity contribution in [3.63, 3.8) is 0 Å². The van der Waals surface area contributed by atoms with Crippen molar-refractivity contribution in [1.82, 2.24) is 5.32 Å². The van der Waals surface area contributed by atoms with Gasteiger partial charge in [-0.15, -0.1) is 0 Å². The Kier molecular flexibility index (Phi) is 4.84. The Balaban J connectivity index is 1.92. The van der Waals surface area contributed by atoms with E-state index in [1.54, 1.807) is 36.4 Å². The summed E-state index contributed by atoms with van der Waals surface area (Å²) in [5, 5.41) is 11.5. The minimum Gasteiger partial charge on any atom is -0.352 e. The van der Waals surface area contributed by atoms with Gasteiger partial charge in [-0.1, -0.05) is 30.3 Å². The summed E-state index contributed by atoms with van der Waals surface area (Å²) in [6, 6.07) is 16.0. The molecule has 0 bridgehead atoms. The van der Waals surface area contributed by atoms with Crippen molar-refractivity contribution in [3.8, 4) is 6.07 Å². The first-order valence-electron chi connectivity index (χ1n) is 6.56. The molecule has 0 radical (unpaired) electrons. The standard InChI is InChI=1S/C17H14N2O2/c18-11-14-7-5-13(6-8-14)9-10-19-17(21)16-4-2-1-3-15(16)12-20/h1-8,12H,9-10H2,(H,19,21). The summed E-state index contributed by atoms with van der Waals surface area (Å²) in [5.74, 6) is -0.258. The first-order chi connectivity index (χ1) is 10.2. The molecular weight excluding hydrogens is 264 g/mol. The zero-order valence-corrected chi connectivity index (χ0v) is 11.4. The Morgan fingerprint density at radius 3 is 2.52 bits per heavy atom. The van der Waals surface area contributed by atoms with Gasteiger partial charge in [0.2, 0.25) is 0 Å². The van der Waals surface area contributed by atoms with Gasteiger partial charge >= 0.3 is 0 Å². The highest BCUT2D eigenvalue weighted by Crippen LogP contribution is 2.07. The molecule has 0 fully saturated rings. The summed E-state index contributed by atoms with van der Waals surface area (Å²) >= 11 is 0. The number of benzene rings is 2. The molecule has 104 valence electrons. The quantitative estimate of drug-likeness (QED) is 0.853. The lowest BCUT2D eigenvalue weighted by Gasteiger charge is -2.07. The van der Waals surface area contributed by atoms with Crippen LogP contribution < -0.4 is 5.32 Å². The van der Waals surface area contributed by atoms with Gasteiger partial charge in [0.25, 0.3) is 5.91 Å². The van der Waals surface area contributed by atoms with Crippen LogP contribution in [0.1, 0.15) is 31.8 Å². The normalized spacial score (nSPS) is 9.67. The Labute approximate surface area is 123 Å². The molecule has 2 aromatic carbocycles. The summed E-state index contributed by atoms with van der Waals surface area (Å²) < 4.78 is 0. The van der Waals surface area contributed by atoms with E-state index >= 15 is 0 Å². The van der Waals surface area contributed by atoms with Crippen LogP contribution in [-0.2, 0) is 6.42 Å². The molecule has 0 aliphatic heterocycles. The van der Waals surface area contributed by atoms with Crippen LogP contribution in [0.15, 0.2) is 48.5 Å². The van der Waals surface area contributed by atoms with E-state index in [0.717, 1.165) is 5.56 Å². The van der Waals surface area contributed by atoms with E-state index in [-0.39, 0.29) is 5.91 Å². The maximum atomic E-state index is 12.0. The third-order valence-corrected chi connectivity index (χ3v) is 3.11. The zero-order chi connectivity index (χ0) is 15.1. The van der Waals surface area contributed by atoms with Crippen LogP contribution in [0.2, 0.25) is 0 Å². The van der Waals surface area contributed by atoms with Gasteiger partial charge in [-0.05, 0) is 30.2 Å². The van der Waals surface area contributed by atoms with Crippen molar-refractivity contribution in [2.75, 3.05) is 6.54 Å². The molecule has 0 unspecified atom stereocenters. The summed E-state index contributed by atoms with van der Waals surface area (Å²) in [7, 11) is 0. The summed E-state index contributed by atoms with van der Waals surface area (Å²) in [4.78, 5) is 22.9. The minimum absolute atomic E-state index is 0.258. The van der Waals surface area contributed by atoms with Crippen molar-refractivity contribution in [3.05, 3.63) is 70.8 Å². The fourth-order valence-electron chi connectivity index (χ4n) is 1.97. The summed E-state index contributed by atoms with van der Waals surface area (Å²) in [5.41, 5.74) is 2.42. The van der Waals surface area contributed by atoms with Crippen molar-refractivity contribution in [1.29, 1.82) is 5.26 Å². The number of amides is 1. The van der Waals surface area contributed by atoms with E-state index in [1.807, 2.05) is 12.1 Å². The van der Waals surface area contributed by atoms with E-state index in [2.05, 4.69) is 11.4 Å². The van der Waals surface area contributed by atoms with Crippen LogP contribution in [-0.4, -0.2) is 18.7 Å². The predicted molar refractivity (Wildman–Crippen MR) is 79.0 cm³/mol. The molecule has 2 aromatic rings. The second kappa shape index (κ2) is 7.01. The largest absolute Gasteiger partial charge is 0.352 e. The highest BCUT2D eigenvalue weighted by atomic mass is 16.1. The van der Waals surface area contributed by atoms with E-state index in [1.165, 1.54) is 0 Å². The van der Waals surface area contributed by atoms with Crippen LogP contribution in [0.3, 0.4) is 0 Å². The van der Waals surface area contributed by atoms with Gasteiger partial charge in [-0.2, -0.15) is 5.26 Å². The van der Waals surface area contributed by atoms with Crippen molar-refractivity contribution in [2.45, 2.75) is 6.42 Å². The molecule has 0 aromatic heterocycles. The fraction of sp³-hybridized carbons (Fsp3) is 0.118. The van der Waals surface area contributed by atoms with Gasteiger partial charge in [0.1, 0.15) is 0 Å². The molecule has 2 rings (SSSR count). The lowest BCUT2D eigenvalue weighted by Crippen LogP contribution is -2.26. The average molecular weight is 278 g/mol. The number of hydrogen-bond donors (Lipinski definition) is 1. The SMILES string of the molecule is N#Cc1ccc(CCNC(=O)c2ccccc2C=O)cc1. The van der Waals surface area contributed by atoms with Gasteiger partial charge in [0, 0.05) is 17.7 Å². The summed E-state index contributed by atoms with van der Waals surface area (Å²) in [6.45, 7) is 0.470. The first-order valence-corrected chi connectivity index (χ1v) is 6.56. The zero-order valence-electron chi connectivity index (χ0n) is 11.4. The molecule has 0 aliphatic carbocycles. The molecule has 0 saturated carbocycles. The second-order valence-electron chi connectivity index (χ2n) is 4.52.